The summed E-state index contributed by atoms with van der Waals surface area (Å²) in [5.74, 6) is 1.65. The standard InChI is InChI=1S/C20H22FN3O3/c1-2-17-22-23-19(27-17)20-7-5-14(20)6-8-24(20)18(25)13-9-12-10-15(21)3-4-16(12)26-11-13/h3-4,10,13-14H,2,5-9,11H2,1H3/t13?,14-,20-/m0/s1. The summed E-state index contributed by atoms with van der Waals surface area (Å²) in [5.41, 5.74) is 0.295. The summed E-state index contributed by atoms with van der Waals surface area (Å²) in [6.45, 7) is 2.99. The first kappa shape index (κ1) is 16.7. The molecule has 3 heterocycles. The van der Waals surface area contributed by atoms with E-state index in [1.165, 1.54) is 12.1 Å². The van der Waals surface area contributed by atoms with Gasteiger partial charge in [-0.05, 0) is 55.4 Å². The summed E-state index contributed by atoms with van der Waals surface area (Å²) >= 11 is 0. The molecule has 2 aromatic rings. The Morgan fingerprint density at radius 1 is 1.37 bits per heavy atom. The zero-order valence-electron chi connectivity index (χ0n) is 15.3. The molecule has 27 heavy (non-hydrogen) atoms. The number of halogens is 1. The number of fused-ring (bicyclic) bond motifs is 2. The minimum absolute atomic E-state index is 0.0448. The molecule has 2 aliphatic heterocycles. The topological polar surface area (TPSA) is 68.5 Å². The molecular weight excluding hydrogens is 349 g/mol. The van der Waals surface area contributed by atoms with E-state index in [0.29, 0.717) is 49.4 Å². The highest BCUT2D eigenvalue weighted by Crippen LogP contribution is 2.57. The van der Waals surface area contributed by atoms with Gasteiger partial charge >= 0.3 is 0 Å². The first-order valence-electron chi connectivity index (χ1n) is 9.67. The van der Waals surface area contributed by atoms with Crippen molar-refractivity contribution in [1.82, 2.24) is 15.1 Å². The smallest absolute Gasteiger partial charge is 0.242 e. The van der Waals surface area contributed by atoms with Crippen LogP contribution in [0.3, 0.4) is 0 Å². The van der Waals surface area contributed by atoms with Crippen LogP contribution in [0.1, 0.15) is 43.5 Å². The average Bonchev–Trinajstić information content (AvgIpc) is 3.23. The molecule has 0 N–H and O–H groups in total. The summed E-state index contributed by atoms with van der Waals surface area (Å²) in [5, 5.41) is 8.39. The predicted octanol–water partition coefficient (Wildman–Crippen LogP) is 2.86. The molecular formula is C20H22FN3O3. The number of rotatable bonds is 3. The molecule has 1 aliphatic carbocycles. The Morgan fingerprint density at radius 2 is 2.26 bits per heavy atom. The number of hydrogen-bond acceptors (Lipinski definition) is 5. The molecule has 3 atom stereocenters. The summed E-state index contributed by atoms with van der Waals surface area (Å²) in [4.78, 5) is 15.3. The third-order valence-corrected chi connectivity index (χ3v) is 6.42. The number of likely N-dealkylation sites (tertiary alicyclic amines) is 1. The summed E-state index contributed by atoms with van der Waals surface area (Å²) < 4.78 is 25.2. The fraction of sp³-hybridized carbons (Fsp3) is 0.550. The van der Waals surface area contributed by atoms with Crippen molar-refractivity contribution in [2.45, 2.75) is 44.6 Å². The van der Waals surface area contributed by atoms with E-state index in [4.69, 9.17) is 9.15 Å². The van der Waals surface area contributed by atoms with Crippen molar-refractivity contribution in [1.29, 1.82) is 0 Å². The Morgan fingerprint density at radius 3 is 3.00 bits per heavy atom. The Balaban J connectivity index is 1.43. The average molecular weight is 371 g/mol. The van der Waals surface area contributed by atoms with Gasteiger partial charge in [-0.15, -0.1) is 10.2 Å². The molecule has 7 heteroatoms. The van der Waals surface area contributed by atoms with Gasteiger partial charge in [0.1, 0.15) is 23.7 Å². The molecule has 0 radical (unpaired) electrons. The fourth-order valence-electron chi connectivity index (χ4n) is 4.86. The largest absolute Gasteiger partial charge is 0.492 e. The van der Waals surface area contributed by atoms with Crippen LogP contribution in [-0.2, 0) is 23.2 Å². The number of carbonyl (C=O) groups excluding carboxylic acids is 1. The van der Waals surface area contributed by atoms with Crippen molar-refractivity contribution in [2.75, 3.05) is 13.2 Å². The maximum Gasteiger partial charge on any atom is 0.242 e. The second-order valence-electron chi connectivity index (χ2n) is 7.76. The molecule has 2 fully saturated rings. The molecule has 1 aromatic carbocycles. The van der Waals surface area contributed by atoms with E-state index in [2.05, 4.69) is 10.2 Å². The minimum Gasteiger partial charge on any atom is -0.492 e. The molecule has 1 saturated carbocycles. The van der Waals surface area contributed by atoms with Gasteiger partial charge in [0.2, 0.25) is 17.7 Å². The fourth-order valence-corrected chi connectivity index (χ4v) is 4.86. The van der Waals surface area contributed by atoms with Crippen molar-refractivity contribution in [3.05, 3.63) is 41.4 Å². The second kappa shape index (κ2) is 6.04. The number of carbonyl (C=O) groups is 1. The molecule has 1 saturated heterocycles. The molecule has 1 amide bonds. The van der Waals surface area contributed by atoms with E-state index in [1.54, 1.807) is 6.07 Å². The van der Waals surface area contributed by atoms with Crippen LogP contribution in [0.2, 0.25) is 0 Å². The van der Waals surface area contributed by atoms with Gasteiger partial charge in [0.25, 0.3) is 0 Å². The number of aryl methyl sites for hydroxylation is 1. The van der Waals surface area contributed by atoms with Crippen LogP contribution in [0.25, 0.3) is 0 Å². The van der Waals surface area contributed by atoms with Crippen molar-refractivity contribution >= 4 is 5.91 Å². The summed E-state index contributed by atoms with van der Waals surface area (Å²) in [7, 11) is 0. The lowest BCUT2D eigenvalue weighted by Gasteiger charge is -2.48. The molecule has 0 bridgehead atoms. The molecule has 1 unspecified atom stereocenters. The lowest BCUT2D eigenvalue weighted by molar-refractivity contribution is -0.148. The van der Waals surface area contributed by atoms with Gasteiger partial charge < -0.3 is 14.1 Å². The van der Waals surface area contributed by atoms with Crippen LogP contribution in [0, 0.1) is 17.7 Å². The number of ether oxygens (including phenoxy) is 1. The zero-order chi connectivity index (χ0) is 18.6. The third kappa shape index (κ3) is 2.40. The Kier molecular flexibility index (Phi) is 3.74. The van der Waals surface area contributed by atoms with Gasteiger partial charge in [0, 0.05) is 13.0 Å². The number of amides is 1. The van der Waals surface area contributed by atoms with Gasteiger partial charge in [-0.2, -0.15) is 0 Å². The van der Waals surface area contributed by atoms with Gasteiger partial charge in [-0.3, -0.25) is 4.79 Å². The maximum absolute atomic E-state index is 13.6. The number of nitrogens with zero attached hydrogens (tertiary/aromatic N) is 3. The lowest BCUT2D eigenvalue weighted by Crippen LogP contribution is -2.56. The molecule has 142 valence electrons. The first-order valence-corrected chi connectivity index (χ1v) is 9.67. The molecule has 0 spiro atoms. The van der Waals surface area contributed by atoms with E-state index < -0.39 is 5.54 Å². The summed E-state index contributed by atoms with van der Waals surface area (Å²) in [6.07, 6.45) is 4.05. The molecule has 5 rings (SSSR count). The Hall–Kier alpha value is -2.44. The highest BCUT2D eigenvalue weighted by atomic mass is 19.1. The van der Waals surface area contributed by atoms with Gasteiger partial charge in [-0.1, -0.05) is 6.92 Å². The molecule has 3 aliphatic rings. The number of benzene rings is 1. The summed E-state index contributed by atoms with van der Waals surface area (Å²) in [6, 6.07) is 4.48. The van der Waals surface area contributed by atoms with Crippen molar-refractivity contribution < 1.29 is 18.3 Å². The van der Waals surface area contributed by atoms with Crippen molar-refractivity contribution in [3.8, 4) is 5.75 Å². The Labute approximate surface area is 156 Å². The lowest BCUT2D eigenvalue weighted by atomic mass is 9.67. The maximum atomic E-state index is 13.6. The van der Waals surface area contributed by atoms with Gasteiger partial charge in [-0.25, -0.2) is 4.39 Å². The Bertz CT molecular complexity index is 898. The molecule has 1 aromatic heterocycles. The van der Waals surface area contributed by atoms with Gasteiger partial charge in [0.15, 0.2) is 0 Å². The highest BCUT2D eigenvalue weighted by Gasteiger charge is 2.61. The van der Waals surface area contributed by atoms with Crippen LogP contribution in [-0.4, -0.2) is 34.2 Å². The number of aromatic nitrogens is 2. The van der Waals surface area contributed by atoms with Crippen LogP contribution < -0.4 is 4.74 Å². The van der Waals surface area contributed by atoms with Crippen LogP contribution in [0.4, 0.5) is 4.39 Å². The van der Waals surface area contributed by atoms with Gasteiger partial charge in [0.05, 0.1) is 5.92 Å². The van der Waals surface area contributed by atoms with E-state index in [1.807, 2.05) is 11.8 Å². The number of hydrogen-bond donors (Lipinski definition) is 0. The third-order valence-electron chi connectivity index (χ3n) is 6.42. The van der Waals surface area contributed by atoms with Crippen LogP contribution in [0.15, 0.2) is 22.6 Å². The molecule has 6 nitrogen and oxygen atoms in total. The SMILES string of the molecule is CCc1nnc([C@]23CC[C@H]2CCN3C(=O)C2COc3ccc(F)cc3C2)o1. The highest BCUT2D eigenvalue weighted by molar-refractivity contribution is 5.81. The van der Waals surface area contributed by atoms with Crippen molar-refractivity contribution in [3.63, 3.8) is 0 Å². The quantitative estimate of drug-likeness (QED) is 0.830. The zero-order valence-corrected chi connectivity index (χ0v) is 15.3. The minimum atomic E-state index is -0.459. The normalized spacial score (nSPS) is 28.9. The van der Waals surface area contributed by atoms with E-state index >= 15 is 0 Å². The van der Waals surface area contributed by atoms with Crippen molar-refractivity contribution in [2.24, 2.45) is 11.8 Å². The van der Waals surface area contributed by atoms with E-state index in [-0.39, 0.29) is 17.6 Å². The van der Waals surface area contributed by atoms with Crippen LogP contribution >= 0.6 is 0 Å². The monoisotopic (exact) mass is 371 g/mol. The second-order valence-corrected chi connectivity index (χ2v) is 7.76. The first-order chi connectivity index (χ1) is 13.1. The van der Waals surface area contributed by atoms with E-state index in [0.717, 1.165) is 24.8 Å². The predicted molar refractivity (Wildman–Crippen MR) is 93.5 cm³/mol. The van der Waals surface area contributed by atoms with E-state index in [9.17, 15) is 9.18 Å². The van der Waals surface area contributed by atoms with Crippen LogP contribution in [0.5, 0.6) is 5.75 Å².